The molecule has 0 radical (unpaired) electrons. The van der Waals surface area contributed by atoms with Crippen molar-refractivity contribution in [2.45, 2.75) is 192 Å². The van der Waals surface area contributed by atoms with Crippen LogP contribution in [0.25, 0.3) is 11.2 Å². The van der Waals surface area contributed by atoms with Crippen LogP contribution < -0.4 is 0 Å². The van der Waals surface area contributed by atoms with Gasteiger partial charge < -0.3 is 23.5 Å². The molecule has 2 aromatic rings. The van der Waals surface area contributed by atoms with Crippen LogP contribution in [0, 0.1) is 5.92 Å². The van der Waals surface area contributed by atoms with Crippen molar-refractivity contribution in [2.75, 3.05) is 40.9 Å². The van der Waals surface area contributed by atoms with E-state index in [2.05, 4.69) is 60.8 Å². The molecule has 2 saturated heterocycles. The number of aromatic nitrogens is 4. The Kier molecular flexibility index (Phi) is 17.1. The van der Waals surface area contributed by atoms with Crippen LogP contribution in [0.1, 0.15) is 156 Å². The minimum absolute atomic E-state index is 0.0459. The van der Waals surface area contributed by atoms with Crippen LogP contribution in [0.15, 0.2) is 17.6 Å². The lowest BCUT2D eigenvalue weighted by molar-refractivity contribution is -0.431. The maximum Gasteiger partial charge on any atom is 0.305 e. The Morgan fingerprint density at radius 2 is 1.52 bits per heavy atom. The minimum Gasteiger partial charge on any atom is -0.469 e. The number of hydrogen-bond acceptors (Lipinski definition) is 11. The van der Waals surface area contributed by atoms with Crippen molar-refractivity contribution >= 4 is 37.6 Å². The van der Waals surface area contributed by atoms with Gasteiger partial charge in [0, 0.05) is 40.0 Å². The SMILES string of the molecule is CCCCCCN(CCCCCCCCCCCCCCCC(=O)OC)OC[C@]12CC3(O[Si](C)(C)C(C)(C)C)OC(C31)[C@H](n1cnc3c(N=CN(C)C)ncnc31)O2. The Balaban J connectivity index is 1.14. The van der Waals surface area contributed by atoms with Gasteiger partial charge in [-0.2, -0.15) is 5.06 Å². The number of unbranched alkanes of at least 4 members (excludes halogenated alkanes) is 15. The van der Waals surface area contributed by atoms with Crippen LogP contribution in [0.3, 0.4) is 0 Å². The maximum absolute atomic E-state index is 11.2. The molecule has 5 rings (SSSR count). The summed E-state index contributed by atoms with van der Waals surface area (Å²) in [7, 11) is 3.17. The fraction of sp³-hybridized carbons (Fsp3) is 0.841. The van der Waals surface area contributed by atoms with E-state index < -0.39 is 25.9 Å². The first-order chi connectivity index (χ1) is 27.8. The van der Waals surface area contributed by atoms with Crippen LogP contribution in [-0.4, -0.2) is 109 Å². The van der Waals surface area contributed by atoms with Gasteiger partial charge in [-0.3, -0.25) is 14.2 Å². The Morgan fingerprint density at radius 3 is 2.10 bits per heavy atom. The van der Waals surface area contributed by atoms with Gasteiger partial charge in [-0.15, -0.1) is 0 Å². The maximum atomic E-state index is 11.2. The van der Waals surface area contributed by atoms with E-state index in [1.54, 1.807) is 12.7 Å². The Hall–Kier alpha value is -2.49. The van der Waals surface area contributed by atoms with E-state index in [0.29, 0.717) is 36.4 Å². The number of hydroxylamine groups is 2. The molecule has 58 heavy (non-hydrogen) atoms. The van der Waals surface area contributed by atoms with Crippen molar-refractivity contribution in [2.24, 2.45) is 10.9 Å². The van der Waals surface area contributed by atoms with E-state index in [-0.39, 0.29) is 23.0 Å². The van der Waals surface area contributed by atoms with Crippen molar-refractivity contribution in [3.8, 4) is 0 Å². The van der Waals surface area contributed by atoms with Crippen LogP contribution in [0.4, 0.5) is 5.82 Å². The van der Waals surface area contributed by atoms with Crippen LogP contribution in [0.2, 0.25) is 18.1 Å². The molecule has 0 bridgehead atoms. The number of imidazole rings is 1. The number of nitrogens with zero attached hydrogens (tertiary/aromatic N) is 7. The van der Waals surface area contributed by atoms with E-state index in [0.717, 1.165) is 38.8 Å². The molecule has 3 unspecified atom stereocenters. The number of carbonyl (C=O) groups excluding carboxylic acids is 1. The molecule has 2 aromatic heterocycles. The summed E-state index contributed by atoms with van der Waals surface area (Å²) in [6.07, 6.45) is 26.6. The fourth-order valence-electron chi connectivity index (χ4n) is 8.59. The molecule has 1 aliphatic carbocycles. The molecular formula is C44H77N7O6Si. The molecule has 13 nitrogen and oxygen atoms in total. The molecule has 5 atom stereocenters. The summed E-state index contributed by atoms with van der Waals surface area (Å²) in [4.78, 5) is 38.2. The number of carbonyl (C=O) groups is 1. The van der Waals surface area contributed by atoms with Crippen LogP contribution >= 0.6 is 0 Å². The third-order valence-electron chi connectivity index (χ3n) is 12.9. The standard InChI is InChI=1S/C44H77N7O6Si/c1-10-11-12-25-28-50(29-26-23-21-19-17-15-13-14-16-18-20-22-24-27-35(52)53-7)54-31-43-30-44(57-58(8,9)42(2,3)4)38(43)37(55-44)41(56-43)51-34-47-36-39(48-33-49(5)6)45-32-46-40(36)51/h32-34,37-38,41H,10-31H2,1-9H3/t37?,38?,41-,43-,44?/m1/s1. The van der Waals surface area contributed by atoms with Gasteiger partial charge in [0.1, 0.15) is 18.0 Å². The lowest BCUT2D eigenvalue weighted by atomic mass is 9.59. The average Bonchev–Trinajstić information content (AvgIpc) is 3.64. The first-order valence-electron chi connectivity index (χ1n) is 22.6. The lowest BCUT2D eigenvalue weighted by Gasteiger charge is -2.67. The molecule has 2 aliphatic heterocycles. The van der Waals surface area contributed by atoms with Gasteiger partial charge in [-0.05, 0) is 37.4 Å². The summed E-state index contributed by atoms with van der Waals surface area (Å²) in [6, 6.07) is 0. The number of methoxy groups -OCH3 is 1. The summed E-state index contributed by atoms with van der Waals surface area (Å²) in [5.74, 6) is -0.176. The van der Waals surface area contributed by atoms with Gasteiger partial charge in [0.15, 0.2) is 37.3 Å². The van der Waals surface area contributed by atoms with Crippen molar-refractivity contribution in [1.82, 2.24) is 29.5 Å². The van der Waals surface area contributed by atoms with E-state index in [4.69, 9.17) is 28.5 Å². The monoisotopic (exact) mass is 828 g/mol. The molecule has 0 amide bonds. The third-order valence-corrected chi connectivity index (χ3v) is 17.4. The fourth-order valence-corrected chi connectivity index (χ4v) is 10.0. The van der Waals surface area contributed by atoms with E-state index >= 15 is 0 Å². The lowest BCUT2D eigenvalue weighted by Crippen LogP contribution is -2.80. The Labute approximate surface area is 350 Å². The highest BCUT2D eigenvalue weighted by Crippen LogP contribution is 2.71. The van der Waals surface area contributed by atoms with Gasteiger partial charge in [0.25, 0.3) is 0 Å². The Bertz CT molecular complexity index is 1600. The van der Waals surface area contributed by atoms with Crippen LogP contribution in [0.5, 0.6) is 0 Å². The summed E-state index contributed by atoms with van der Waals surface area (Å²) in [5.41, 5.74) is 0.775. The number of aliphatic imine (C=N–C) groups is 1. The van der Waals surface area contributed by atoms with E-state index in [1.807, 2.05) is 23.6 Å². The predicted octanol–water partition coefficient (Wildman–Crippen LogP) is 9.90. The van der Waals surface area contributed by atoms with Crippen LogP contribution in [-0.2, 0) is 28.3 Å². The van der Waals surface area contributed by atoms with Gasteiger partial charge in [0.2, 0.25) is 0 Å². The third kappa shape index (κ3) is 11.7. The highest BCUT2D eigenvalue weighted by Gasteiger charge is 2.83. The molecule has 3 fully saturated rings. The molecule has 3 aliphatic rings. The van der Waals surface area contributed by atoms with Gasteiger partial charge in [-0.25, -0.2) is 19.9 Å². The number of hydrogen-bond donors (Lipinski definition) is 0. The van der Waals surface area contributed by atoms with E-state index in [9.17, 15) is 4.79 Å². The molecule has 0 aromatic carbocycles. The second-order valence-corrected chi connectivity index (χ2v) is 23.6. The van der Waals surface area contributed by atoms with Gasteiger partial charge >= 0.3 is 5.97 Å². The largest absolute Gasteiger partial charge is 0.469 e. The summed E-state index contributed by atoms with van der Waals surface area (Å²) in [5, 5.41) is 2.28. The first kappa shape index (κ1) is 46.6. The molecule has 4 heterocycles. The molecule has 0 N–H and O–H groups in total. The van der Waals surface area contributed by atoms with Crippen molar-refractivity contribution in [3.63, 3.8) is 0 Å². The molecule has 0 spiro atoms. The topological polar surface area (TPSA) is 126 Å². The number of ether oxygens (including phenoxy) is 3. The highest BCUT2D eigenvalue weighted by atomic mass is 28.4. The highest BCUT2D eigenvalue weighted by molar-refractivity contribution is 6.74. The molecule has 1 saturated carbocycles. The van der Waals surface area contributed by atoms with Crippen molar-refractivity contribution < 1.29 is 28.3 Å². The molecule has 14 heteroatoms. The minimum atomic E-state index is -2.15. The quantitative estimate of drug-likeness (QED) is 0.0194. The second kappa shape index (κ2) is 21.3. The van der Waals surface area contributed by atoms with Crippen molar-refractivity contribution in [3.05, 3.63) is 12.7 Å². The zero-order valence-electron chi connectivity index (χ0n) is 37.6. The second-order valence-electron chi connectivity index (χ2n) is 18.9. The van der Waals surface area contributed by atoms with Gasteiger partial charge in [-0.1, -0.05) is 118 Å². The molecular weight excluding hydrogens is 751 g/mol. The predicted molar refractivity (Wildman–Crippen MR) is 232 cm³/mol. The van der Waals surface area contributed by atoms with Crippen molar-refractivity contribution in [1.29, 1.82) is 0 Å². The first-order valence-corrected chi connectivity index (χ1v) is 25.6. The number of esters is 1. The van der Waals surface area contributed by atoms with Gasteiger partial charge in [0.05, 0.1) is 32.3 Å². The summed E-state index contributed by atoms with van der Waals surface area (Å²) < 4.78 is 27.7. The average molecular weight is 828 g/mol. The normalized spacial score (nSPS) is 24.1. The number of fused-ring (bicyclic) bond motifs is 1. The smallest absolute Gasteiger partial charge is 0.305 e. The summed E-state index contributed by atoms with van der Waals surface area (Å²) in [6.45, 7) is 16.0. The zero-order valence-corrected chi connectivity index (χ0v) is 38.6. The summed E-state index contributed by atoms with van der Waals surface area (Å²) >= 11 is 0. The van der Waals surface area contributed by atoms with E-state index in [1.165, 1.54) is 96.9 Å². The zero-order chi connectivity index (χ0) is 41.8. The number of rotatable bonds is 29. The Morgan fingerprint density at radius 1 is 0.914 bits per heavy atom. The molecule has 328 valence electrons.